The molecule has 6 nitrogen and oxygen atoms in total. The number of carbonyl (C=O) groups is 2. The van der Waals surface area contributed by atoms with Crippen LogP contribution in [0.15, 0.2) is 30.3 Å². The van der Waals surface area contributed by atoms with E-state index in [2.05, 4.69) is 5.32 Å². The molecule has 0 heterocycles. The molecule has 2 N–H and O–H groups in total. The van der Waals surface area contributed by atoms with Gasteiger partial charge in [0.15, 0.2) is 15.1 Å². The first-order chi connectivity index (χ1) is 9.36. The van der Waals surface area contributed by atoms with Crippen molar-refractivity contribution >= 4 is 21.7 Å². The van der Waals surface area contributed by atoms with Gasteiger partial charge in [0.1, 0.15) is 5.75 Å². The van der Waals surface area contributed by atoms with E-state index >= 15 is 0 Å². The third-order valence-electron chi connectivity index (χ3n) is 2.74. The Morgan fingerprint density at radius 1 is 1.25 bits per heavy atom. The summed E-state index contributed by atoms with van der Waals surface area (Å²) in [6.45, 7) is 1.66. The van der Waals surface area contributed by atoms with Crippen molar-refractivity contribution in [1.29, 1.82) is 0 Å². The van der Waals surface area contributed by atoms with Gasteiger partial charge in [0.25, 0.3) is 0 Å². The van der Waals surface area contributed by atoms with Crippen molar-refractivity contribution in [3.05, 3.63) is 35.9 Å². The fourth-order valence-electron chi connectivity index (χ4n) is 1.71. The molecule has 1 rings (SSSR count). The molecule has 0 radical (unpaired) electrons. The Labute approximate surface area is 117 Å². The molecule has 1 amide bonds. The highest BCUT2D eigenvalue weighted by atomic mass is 32.2. The summed E-state index contributed by atoms with van der Waals surface area (Å²) < 4.78 is 23.6. The van der Waals surface area contributed by atoms with E-state index in [-0.39, 0.29) is 13.0 Å². The van der Waals surface area contributed by atoms with Crippen molar-refractivity contribution in [2.24, 2.45) is 0 Å². The van der Waals surface area contributed by atoms with E-state index < -0.39 is 32.7 Å². The first kappa shape index (κ1) is 16.2. The van der Waals surface area contributed by atoms with Gasteiger partial charge in [-0.2, -0.15) is 0 Å². The van der Waals surface area contributed by atoms with Gasteiger partial charge in [0, 0.05) is 6.54 Å². The number of amides is 1. The van der Waals surface area contributed by atoms with Gasteiger partial charge in [0.2, 0.25) is 5.91 Å². The van der Waals surface area contributed by atoms with Crippen molar-refractivity contribution in [1.82, 2.24) is 5.32 Å². The summed E-state index contributed by atoms with van der Waals surface area (Å²) in [5.74, 6) is -2.94. The van der Waals surface area contributed by atoms with Crippen LogP contribution in [-0.2, 0) is 26.0 Å². The first-order valence-electron chi connectivity index (χ1n) is 6.11. The van der Waals surface area contributed by atoms with Crippen molar-refractivity contribution < 1.29 is 23.1 Å². The molecule has 0 bridgehead atoms. The first-order valence-corrected chi connectivity index (χ1v) is 7.83. The number of carboxylic acid groups (broad SMARTS) is 1. The van der Waals surface area contributed by atoms with E-state index in [1.54, 1.807) is 24.3 Å². The van der Waals surface area contributed by atoms with Crippen LogP contribution >= 0.6 is 0 Å². The average Bonchev–Trinajstić information content (AvgIpc) is 2.37. The SMILES string of the molecule is CCC(C(=O)O)S(=O)(=O)CC(=O)NCc1ccccc1. The molecule has 1 aromatic rings. The Balaban J connectivity index is 2.59. The summed E-state index contributed by atoms with van der Waals surface area (Å²) >= 11 is 0. The smallest absolute Gasteiger partial charge is 0.321 e. The number of carboxylic acids is 1. The lowest BCUT2D eigenvalue weighted by Crippen LogP contribution is -2.38. The van der Waals surface area contributed by atoms with E-state index in [0.29, 0.717) is 0 Å². The number of carbonyl (C=O) groups excluding carboxylic acids is 1. The molecule has 0 aromatic heterocycles. The summed E-state index contributed by atoms with van der Waals surface area (Å²) in [6, 6.07) is 9.02. The number of nitrogens with one attached hydrogen (secondary N) is 1. The molecule has 0 saturated carbocycles. The van der Waals surface area contributed by atoms with Crippen LogP contribution < -0.4 is 5.32 Å². The van der Waals surface area contributed by atoms with Crippen molar-refractivity contribution in [3.8, 4) is 0 Å². The Morgan fingerprint density at radius 3 is 2.35 bits per heavy atom. The second kappa shape index (κ2) is 7.04. The number of hydrogen-bond acceptors (Lipinski definition) is 4. The van der Waals surface area contributed by atoms with E-state index in [1.807, 2.05) is 6.07 Å². The maximum atomic E-state index is 11.8. The number of benzene rings is 1. The maximum Gasteiger partial charge on any atom is 0.321 e. The monoisotopic (exact) mass is 299 g/mol. The second-order valence-corrected chi connectivity index (χ2v) is 6.49. The zero-order valence-electron chi connectivity index (χ0n) is 11.1. The molecular formula is C13H17NO5S. The Morgan fingerprint density at radius 2 is 1.85 bits per heavy atom. The van der Waals surface area contributed by atoms with Crippen LogP contribution in [0.25, 0.3) is 0 Å². The van der Waals surface area contributed by atoms with Crippen LogP contribution in [0.3, 0.4) is 0 Å². The molecule has 1 aromatic carbocycles. The lowest BCUT2D eigenvalue weighted by molar-refractivity contribution is -0.136. The standard InChI is InChI=1S/C13H17NO5S/c1-2-11(13(16)17)20(18,19)9-12(15)14-8-10-6-4-3-5-7-10/h3-7,11H,2,8-9H2,1H3,(H,14,15)(H,16,17). The second-order valence-electron chi connectivity index (χ2n) is 4.30. The Kier molecular flexibility index (Phi) is 5.69. The molecule has 7 heteroatoms. The zero-order valence-corrected chi connectivity index (χ0v) is 11.9. The fourth-order valence-corrected chi connectivity index (χ4v) is 3.20. The van der Waals surface area contributed by atoms with Gasteiger partial charge in [0.05, 0.1) is 0 Å². The molecule has 0 aliphatic rings. The predicted molar refractivity (Wildman–Crippen MR) is 73.8 cm³/mol. The van der Waals surface area contributed by atoms with Crippen LogP contribution in [0.5, 0.6) is 0 Å². The van der Waals surface area contributed by atoms with Crippen molar-refractivity contribution in [2.45, 2.75) is 25.1 Å². The molecule has 1 atom stereocenters. The van der Waals surface area contributed by atoms with E-state index in [1.165, 1.54) is 6.92 Å². The number of sulfone groups is 1. The summed E-state index contributed by atoms with van der Waals surface area (Å²) in [4.78, 5) is 22.4. The average molecular weight is 299 g/mol. The molecule has 20 heavy (non-hydrogen) atoms. The highest BCUT2D eigenvalue weighted by Crippen LogP contribution is 2.07. The molecule has 0 spiro atoms. The van der Waals surface area contributed by atoms with Gasteiger partial charge in [-0.05, 0) is 12.0 Å². The number of hydrogen-bond donors (Lipinski definition) is 2. The molecular weight excluding hydrogens is 282 g/mol. The summed E-state index contributed by atoms with van der Waals surface area (Å²) in [5.41, 5.74) is 0.837. The minimum atomic E-state index is -3.99. The van der Waals surface area contributed by atoms with Gasteiger partial charge in [-0.15, -0.1) is 0 Å². The highest BCUT2D eigenvalue weighted by Gasteiger charge is 2.32. The van der Waals surface area contributed by atoms with E-state index in [4.69, 9.17) is 5.11 Å². The molecule has 0 fully saturated rings. The third kappa shape index (κ3) is 4.65. The van der Waals surface area contributed by atoms with Crippen LogP contribution in [0.4, 0.5) is 0 Å². The van der Waals surface area contributed by atoms with Gasteiger partial charge in [-0.3, -0.25) is 9.59 Å². The van der Waals surface area contributed by atoms with Gasteiger partial charge in [-0.25, -0.2) is 8.42 Å². The van der Waals surface area contributed by atoms with E-state index in [9.17, 15) is 18.0 Å². The quantitative estimate of drug-likeness (QED) is 0.767. The molecule has 1 unspecified atom stereocenters. The Hall–Kier alpha value is -1.89. The topological polar surface area (TPSA) is 101 Å². The van der Waals surface area contributed by atoms with Gasteiger partial charge < -0.3 is 10.4 Å². The van der Waals surface area contributed by atoms with Crippen LogP contribution in [0.2, 0.25) is 0 Å². The van der Waals surface area contributed by atoms with Crippen molar-refractivity contribution in [2.75, 3.05) is 5.75 Å². The normalized spacial score (nSPS) is 12.7. The molecule has 0 saturated heterocycles. The summed E-state index contributed by atoms with van der Waals surface area (Å²) in [5, 5.41) is 9.74. The van der Waals surface area contributed by atoms with Crippen LogP contribution in [-0.4, -0.2) is 36.4 Å². The molecule has 0 aliphatic carbocycles. The molecule has 110 valence electrons. The lowest BCUT2D eigenvalue weighted by Gasteiger charge is -2.11. The largest absolute Gasteiger partial charge is 0.480 e. The maximum absolute atomic E-state index is 11.8. The lowest BCUT2D eigenvalue weighted by atomic mass is 10.2. The summed E-state index contributed by atoms with van der Waals surface area (Å²) in [6.07, 6.45) is -0.0658. The predicted octanol–water partition coefficient (Wildman–Crippen LogP) is 0.581. The van der Waals surface area contributed by atoms with Gasteiger partial charge in [-0.1, -0.05) is 37.3 Å². The van der Waals surface area contributed by atoms with E-state index in [0.717, 1.165) is 5.56 Å². The van der Waals surface area contributed by atoms with Crippen LogP contribution in [0, 0.1) is 0 Å². The molecule has 0 aliphatic heterocycles. The highest BCUT2D eigenvalue weighted by molar-refractivity contribution is 7.93. The zero-order chi connectivity index (χ0) is 15.2. The van der Waals surface area contributed by atoms with Crippen LogP contribution in [0.1, 0.15) is 18.9 Å². The number of aliphatic carboxylic acids is 1. The minimum absolute atomic E-state index is 0.0658. The number of rotatable bonds is 7. The van der Waals surface area contributed by atoms with Gasteiger partial charge >= 0.3 is 5.97 Å². The minimum Gasteiger partial charge on any atom is -0.480 e. The Bertz CT molecular complexity index is 568. The third-order valence-corrected chi connectivity index (χ3v) is 4.81. The summed E-state index contributed by atoms with van der Waals surface area (Å²) in [7, 11) is -3.99. The fraction of sp³-hybridized carbons (Fsp3) is 0.385. The van der Waals surface area contributed by atoms with Crippen molar-refractivity contribution in [3.63, 3.8) is 0 Å².